The van der Waals surface area contributed by atoms with Gasteiger partial charge in [-0.15, -0.1) is 0 Å². The lowest BCUT2D eigenvalue weighted by Gasteiger charge is -2.05. The fourth-order valence-electron chi connectivity index (χ4n) is 1.35. The molecule has 7 nitrogen and oxygen atoms in total. The molecule has 0 unspecified atom stereocenters. The molecule has 2 amide bonds. The summed E-state index contributed by atoms with van der Waals surface area (Å²) in [6, 6.07) is 7.47. The summed E-state index contributed by atoms with van der Waals surface area (Å²) in [7, 11) is -3.67. The molecule has 0 spiro atoms. The highest BCUT2D eigenvalue weighted by Gasteiger charge is 2.06. The van der Waals surface area contributed by atoms with Crippen LogP contribution in [0.25, 0.3) is 0 Å². The summed E-state index contributed by atoms with van der Waals surface area (Å²) in [5.74, 6) is 0. The highest BCUT2D eigenvalue weighted by atomic mass is 32.2. The second kappa shape index (κ2) is 6.72. The summed E-state index contributed by atoms with van der Waals surface area (Å²) in [5.41, 5.74) is 0.869. The van der Waals surface area contributed by atoms with Gasteiger partial charge in [0.05, 0.1) is 11.0 Å². The zero-order chi connectivity index (χ0) is 14.3. The van der Waals surface area contributed by atoms with Crippen LogP contribution in [0.4, 0.5) is 4.79 Å². The Morgan fingerprint density at radius 3 is 2.42 bits per heavy atom. The zero-order valence-corrected chi connectivity index (χ0v) is 10.9. The molecule has 0 atom stereocenters. The van der Waals surface area contributed by atoms with Gasteiger partial charge in [0, 0.05) is 6.54 Å². The van der Waals surface area contributed by atoms with Gasteiger partial charge in [0.15, 0.2) is 0 Å². The SMILES string of the molecule is N#CCNC(=O)NCCc1ccc(S(N)(=O)=O)cc1. The maximum Gasteiger partial charge on any atom is 0.315 e. The van der Waals surface area contributed by atoms with Crippen LogP contribution in [0.5, 0.6) is 0 Å². The van der Waals surface area contributed by atoms with Crippen molar-refractivity contribution in [2.24, 2.45) is 5.14 Å². The number of benzene rings is 1. The number of nitrogens with two attached hydrogens (primary N) is 1. The first-order chi connectivity index (χ1) is 8.93. The summed E-state index contributed by atoms with van der Waals surface area (Å²) in [6.07, 6.45) is 0.547. The number of nitriles is 1. The first-order valence-corrected chi connectivity index (χ1v) is 6.98. The fourth-order valence-corrected chi connectivity index (χ4v) is 1.86. The van der Waals surface area contributed by atoms with E-state index in [1.807, 2.05) is 0 Å². The Morgan fingerprint density at radius 2 is 1.89 bits per heavy atom. The summed E-state index contributed by atoms with van der Waals surface area (Å²) in [6.45, 7) is 0.334. The molecule has 1 rings (SSSR count). The average molecular weight is 282 g/mol. The van der Waals surface area contributed by atoms with Crippen molar-refractivity contribution in [1.29, 1.82) is 5.26 Å². The molecule has 8 heteroatoms. The van der Waals surface area contributed by atoms with E-state index in [2.05, 4.69) is 10.6 Å². The second-order valence-corrected chi connectivity index (χ2v) is 5.27. The highest BCUT2D eigenvalue weighted by molar-refractivity contribution is 7.89. The van der Waals surface area contributed by atoms with Crippen molar-refractivity contribution in [1.82, 2.24) is 10.6 Å². The third-order valence-corrected chi connectivity index (χ3v) is 3.21. The third kappa shape index (κ3) is 5.37. The molecule has 0 radical (unpaired) electrons. The molecular weight excluding hydrogens is 268 g/mol. The van der Waals surface area contributed by atoms with E-state index >= 15 is 0 Å². The van der Waals surface area contributed by atoms with E-state index < -0.39 is 16.1 Å². The Morgan fingerprint density at radius 1 is 1.26 bits per heavy atom. The Bertz CT molecular complexity index is 575. The second-order valence-electron chi connectivity index (χ2n) is 3.71. The number of nitrogens with zero attached hydrogens (tertiary/aromatic N) is 1. The fraction of sp³-hybridized carbons (Fsp3) is 0.273. The van der Waals surface area contributed by atoms with Crippen molar-refractivity contribution < 1.29 is 13.2 Å². The van der Waals surface area contributed by atoms with Gasteiger partial charge in [-0.1, -0.05) is 12.1 Å². The monoisotopic (exact) mass is 282 g/mol. The first kappa shape index (κ1) is 14.9. The van der Waals surface area contributed by atoms with Crippen molar-refractivity contribution in [2.45, 2.75) is 11.3 Å². The van der Waals surface area contributed by atoms with E-state index in [9.17, 15) is 13.2 Å². The minimum Gasteiger partial charge on any atom is -0.338 e. The number of primary sulfonamides is 1. The van der Waals surface area contributed by atoms with Gasteiger partial charge in [0.1, 0.15) is 6.54 Å². The van der Waals surface area contributed by atoms with E-state index in [4.69, 9.17) is 10.4 Å². The van der Waals surface area contributed by atoms with Gasteiger partial charge in [-0.05, 0) is 24.1 Å². The van der Waals surface area contributed by atoms with Crippen LogP contribution in [-0.2, 0) is 16.4 Å². The van der Waals surface area contributed by atoms with Crippen LogP contribution in [0.2, 0.25) is 0 Å². The highest BCUT2D eigenvalue weighted by Crippen LogP contribution is 2.08. The summed E-state index contributed by atoms with van der Waals surface area (Å²) >= 11 is 0. The van der Waals surface area contributed by atoms with Gasteiger partial charge < -0.3 is 10.6 Å². The summed E-state index contributed by atoms with van der Waals surface area (Å²) < 4.78 is 22.1. The van der Waals surface area contributed by atoms with Crippen LogP contribution in [-0.4, -0.2) is 27.5 Å². The number of carbonyl (C=O) groups excluding carboxylic acids is 1. The molecule has 0 aliphatic heterocycles. The predicted octanol–water partition coefficient (Wildman–Crippen LogP) is -0.301. The molecule has 0 aromatic heterocycles. The molecule has 0 aliphatic rings. The largest absolute Gasteiger partial charge is 0.338 e. The molecule has 102 valence electrons. The van der Waals surface area contributed by atoms with Crippen LogP contribution < -0.4 is 15.8 Å². The topological polar surface area (TPSA) is 125 Å². The summed E-state index contributed by atoms with van der Waals surface area (Å²) in [5, 5.41) is 18.1. The zero-order valence-electron chi connectivity index (χ0n) is 10.1. The molecule has 0 bridgehead atoms. The van der Waals surface area contributed by atoms with Crippen molar-refractivity contribution in [2.75, 3.05) is 13.1 Å². The lowest BCUT2D eigenvalue weighted by Crippen LogP contribution is -2.36. The maximum atomic E-state index is 11.1. The van der Waals surface area contributed by atoms with Crippen molar-refractivity contribution >= 4 is 16.1 Å². The number of rotatable bonds is 5. The van der Waals surface area contributed by atoms with Crippen LogP contribution in [0.1, 0.15) is 5.56 Å². The molecule has 1 aromatic carbocycles. The Balaban J connectivity index is 2.43. The molecule has 0 saturated carbocycles. The van der Waals surface area contributed by atoms with Crippen LogP contribution in [0.3, 0.4) is 0 Å². The van der Waals surface area contributed by atoms with Gasteiger partial charge in [-0.3, -0.25) is 0 Å². The van der Waals surface area contributed by atoms with Gasteiger partial charge in [-0.25, -0.2) is 18.4 Å². The van der Waals surface area contributed by atoms with E-state index in [1.165, 1.54) is 12.1 Å². The smallest absolute Gasteiger partial charge is 0.315 e. The number of urea groups is 1. The number of nitrogens with one attached hydrogen (secondary N) is 2. The minimum absolute atomic E-state index is 0.0467. The van der Waals surface area contributed by atoms with Gasteiger partial charge >= 0.3 is 6.03 Å². The third-order valence-electron chi connectivity index (χ3n) is 2.28. The molecular formula is C11H14N4O3S. The number of amides is 2. The van der Waals surface area contributed by atoms with E-state index in [0.29, 0.717) is 13.0 Å². The first-order valence-electron chi connectivity index (χ1n) is 5.44. The van der Waals surface area contributed by atoms with Crippen molar-refractivity contribution in [3.05, 3.63) is 29.8 Å². The number of hydrogen-bond donors (Lipinski definition) is 3. The average Bonchev–Trinajstić information content (AvgIpc) is 2.36. The Hall–Kier alpha value is -2.11. The quantitative estimate of drug-likeness (QED) is 0.641. The van der Waals surface area contributed by atoms with E-state index in [-0.39, 0.29) is 11.4 Å². The van der Waals surface area contributed by atoms with E-state index in [0.717, 1.165) is 5.56 Å². The Labute approximate surface area is 111 Å². The van der Waals surface area contributed by atoms with Gasteiger partial charge in [0.25, 0.3) is 0 Å². The molecule has 0 aliphatic carbocycles. The minimum atomic E-state index is -3.67. The lowest BCUT2D eigenvalue weighted by atomic mass is 10.1. The standard InChI is InChI=1S/C11H14N4O3S/c12-6-8-15-11(16)14-7-5-9-1-3-10(4-2-9)19(13,17)18/h1-4H,5,7-8H2,(H2,13,17,18)(H2,14,15,16). The predicted molar refractivity (Wildman–Crippen MR) is 68.5 cm³/mol. The molecule has 0 fully saturated rings. The number of hydrogen-bond acceptors (Lipinski definition) is 4. The van der Waals surface area contributed by atoms with Crippen molar-refractivity contribution in [3.63, 3.8) is 0 Å². The van der Waals surface area contributed by atoms with E-state index in [1.54, 1.807) is 18.2 Å². The molecule has 0 saturated heterocycles. The Kier molecular flexibility index (Phi) is 5.29. The summed E-state index contributed by atoms with van der Waals surface area (Å²) in [4.78, 5) is 11.2. The van der Waals surface area contributed by atoms with Gasteiger partial charge in [0.2, 0.25) is 10.0 Å². The van der Waals surface area contributed by atoms with Crippen molar-refractivity contribution in [3.8, 4) is 6.07 Å². The number of sulfonamides is 1. The molecule has 0 heterocycles. The molecule has 19 heavy (non-hydrogen) atoms. The van der Waals surface area contributed by atoms with Gasteiger partial charge in [-0.2, -0.15) is 5.26 Å². The molecule has 4 N–H and O–H groups in total. The lowest BCUT2D eigenvalue weighted by molar-refractivity contribution is 0.242. The van der Waals surface area contributed by atoms with Crippen LogP contribution in [0, 0.1) is 11.3 Å². The molecule has 1 aromatic rings. The van der Waals surface area contributed by atoms with Crippen LogP contribution >= 0.6 is 0 Å². The van der Waals surface area contributed by atoms with Crippen LogP contribution in [0.15, 0.2) is 29.2 Å². The number of carbonyl (C=O) groups is 1. The normalized spacial score (nSPS) is 10.5. The maximum absolute atomic E-state index is 11.1.